The van der Waals surface area contributed by atoms with E-state index in [4.69, 9.17) is 15.9 Å². The van der Waals surface area contributed by atoms with Gasteiger partial charge in [-0.05, 0) is 31.1 Å². The molecule has 23 heavy (non-hydrogen) atoms. The van der Waals surface area contributed by atoms with Gasteiger partial charge in [0.2, 0.25) is 0 Å². The van der Waals surface area contributed by atoms with Crippen molar-refractivity contribution in [2.24, 2.45) is 5.73 Å². The minimum absolute atomic E-state index is 0.0682. The van der Waals surface area contributed by atoms with Gasteiger partial charge in [0.05, 0.1) is 24.2 Å². The first-order valence-electron chi connectivity index (χ1n) is 7.66. The van der Waals surface area contributed by atoms with Gasteiger partial charge in [-0.1, -0.05) is 6.92 Å². The summed E-state index contributed by atoms with van der Waals surface area (Å²) in [6.45, 7) is 5.79. The van der Waals surface area contributed by atoms with Gasteiger partial charge in [0, 0.05) is 18.8 Å². The summed E-state index contributed by atoms with van der Waals surface area (Å²) in [5.74, 6) is -0.496. The summed E-state index contributed by atoms with van der Waals surface area (Å²) < 4.78 is 5.63. The average Bonchev–Trinajstić information content (AvgIpc) is 2.61. The molecule has 1 aromatic heterocycles. The zero-order chi connectivity index (χ0) is 16.8. The Labute approximate surface area is 135 Å². The van der Waals surface area contributed by atoms with E-state index in [-0.39, 0.29) is 11.8 Å². The van der Waals surface area contributed by atoms with Gasteiger partial charge in [-0.15, -0.1) is 0 Å². The number of carbonyl (C=O) groups is 1. The quantitative estimate of drug-likeness (QED) is 0.612. The number of nitrogens with two attached hydrogens (primary N) is 1. The zero-order valence-corrected chi connectivity index (χ0v) is 13.5. The van der Waals surface area contributed by atoms with E-state index in [2.05, 4.69) is 15.6 Å². The highest BCUT2D eigenvalue weighted by Gasteiger charge is 2.17. The maximum absolute atomic E-state index is 12.1. The van der Waals surface area contributed by atoms with Crippen molar-refractivity contribution in [3.8, 4) is 0 Å². The minimum Gasteiger partial charge on any atom is -0.402 e. The highest BCUT2D eigenvalue weighted by atomic mass is 16.5. The van der Waals surface area contributed by atoms with Crippen molar-refractivity contribution < 1.29 is 9.53 Å². The van der Waals surface area contributed by atoms with Gasteiger partial charge in [0.15, 0.2) is 0 Å². The van der Waals surface area contributed by atoms with E-state index in [1.807, 2.05) is 13.0 Å². The molecule has 7 heteroatoms. The lowest BCUT2D eigenvalue weighted by Gasteiger charge is -2.23. The third kappa shape index (κ3) is 4.37. The smallest absolute Gasteiger partial charge is 0.273 e. The monoisotopic (exact) mass is 317 g/mol. The topological polar surface area (TPSA) is 113 Å². The Hall–Kier alpha value is -2.25. The summed E-state index contributed by atoms with van der Waals surface area (Å²) in [7, 11) is 0. The van der Waals surface area contributed by atoms with E-state index >= 15 is 0 Å². The number of amides is 1. The molecular weight excluding hydrogens is 294 g/mol. The Kier molecular flexibility index (Phi) is 5.84. The van der Waals surface area contributed by atoms with Crippen LogP contribution in [0.25, 0.3) is 0 Å². The standard InChI is InChI=1S/C16H23N5O2/c1-3-12(17)10(2)15(18)16(22)21-11-4-5-13(20-8-11)14-9-19-6-7-23-14/h4-5,8,14,18-19H,3,6-7,9,17H2,1-2H3,(H,21,22)/b12-10-,18-15?/t14-/m0/s1. The van der Waals surface area contributed by atoms with Gasteiger partial charge in [0.25, 0.3) is 5.91 Å². The van der Waals surface area contributed by atoms with E-state index in [1.165, 1.54) is 0 Å². The second kappa shape index (κ2) is 7.85. The molecule has 7 nitrogen and oxygen atoms in total. The van der Waals surface area contributed by atoms with E-state index in [9.17, 15) is 4.79 Å². The van der Waals surface area contributed by atoms with Gasteiger partial charge in [0.1, 0.15) is 11.8 Å². The SMILES string of the molecule is CC/C(N)=C(\C)C(=N)C(=O)Nc1ccc([C@@H]2CNCCO2)nc1. The fourth-order valence-corrected chi connectivity index (χ4v) is 2.21. The lowest BCUT2D eigenvalue weighted by molar-refractivity contribution is -0.110. The number of nitrogens with zero attached hydrogens (tertiary/aromatic N) is 1. The molecule has 1 amide bonds. The highest BCUT2D eigenvalue weighted by molar-refractivity contribution is 6.47. The molecule has 0 aliphatic carbocycles. The molecule has 1 aliphatic rings. The maximum Gasteiger partial charge on any atom is 0.273 e. The van der Waals surface area contributed by atoms with Crippen LogP contribution < -0.4 is 16.4 Å². The van der Waals surface area contributed by atoms with Crippen LogP contribution in [0.3, 0.4) is 0 Å². The highest BCUT2D eigenvalue weighted by Crippen LogP contribution is 2.18. The van der Waals surface area contributed by atoms with Crippen LogP contribution in [0, 0.1) is 5.41 Å². The maximum atomic E-state index is 12.1. The Morgan fingerprint density at radius 3 is 2.91 bits per heavy atom. The van der Waals surface area contributed by atoms with E-state index < -0.39 is 5.91 Å². The Balaban J connectivity index is 2.00. The normalized spacial score (nSPS) is 19.0. The first-order valence-corrected chi connectivity index (χ1v) is 7.66. The number of rotatable bonds is 5. The average molecular weight is 317 g/mol. The molecule has 0 unspecified atom stereocenters. The van der Waals surface area contributed by atoms with Crippen LogP contribution in [-0.2, 0) is 9.53 Å². The number of carbonyl (C=O) groups excluding carboxylic acids is 1. The van der Waals surface area contributed by atoms with Crippen LogP contribution in [0.5, 0.6) is 0 Å². The van der Waals surface area contributed by atoms with Crippen LogP contribution in [0.4, 0.5) is 5.69 Å². The molecule has 1 aromatic rings. The number of nitrogens with one attached hydrogen (secondary N) is 3. The van der Waals surface area contributed by atoms with Crippen LogP contribution in [0.15, 0.2) is 29.6 Å². The molecule has 0 radical (unpaired) electrons. The number of hydrogen-bond donors (Lipinski definition) is 4. The zero-order valence-electron chi connectivity index (χ0n) is 13.5. The Bertz CT molecular complexity index is 603. The molecule has 1 aliphatic heterocycles. The predicted octanol–water partition coefficient (Wildman–Crippen LogP) is 1.34. The van der Waals surface area contributed by atoms with Crippen molar-refractivity contribution in [2.45, 2.75) is 26.4 Å². The van der Waals surface area contributed by atoms with E-state index in [0.717, 1.165) is 18.8 Å². The predicted molar refractivity (Wildman–Crippen MR) is 89.3 cm³/mol. The lowest BCUT2D eigenvalue weighted by Crippen LogP contribution is -2.33. The molecule has 1 fully saturated rings. The second-order valence-corrected chi connectivity index (χ2v) is 5.37. The largest absolute Gasteiger partial charge is 0.402 e. The molecular formula is C16H23N5O2. The van der Waals surface area contributed by atoms with Crippen LogP contribution >= 0.6 is 0 Å². The fourth-order valence-electron chi connectivity index (χ4n) is 2.21. The third-order valence-corrected chi connectivity index (χ3v) is 3.77. The molecule has 0 bridgehead atoms. The minimum atomic E-state index is -0.496. The second-order valence-electron chi connectivity index (χ2n) is 5.37. The number of anilines is 1. The molecule has 1 atom stereocenters. The first-order chi connectivity index (χ1) is 11.0. The van der Waals surface area contributed by atoms with Crippen LogP contribution in [0.2, 0.25) is 0 Å². The Morgan fingerprint density at radius 1 is 1.57 bits per heavy atom. The number of allylic oxidation sites excluding steroid dienone is 1. The first kappa shape index (κ1) is 17.1. The molecule has 1 saturated heterocycles. The third-order valence-electron chi connectivity index (χ3n) is 3.77. The molecule has 5 N–H and O–H groups in total. The van der Waals surface area contributed by atoms with E-state index in [0.29, 0.717) is 30.0 Å². The van der Waals surface area contributed by atoms with E-state index in [1.54, 1.807) is 19.2 Å². The summed E-state index contributed by atoms with van der Waals surface area (Å²) in [6.07, 6.45) is 2.11. The van der Waals surface area contributed by atoms with Crippen molar-refractivity contribution in [1.82, 2.24) is 10.3 Å². The summed E-state index contributed by atoms with van der Waals surface area (Å²) in [5, 5.41) is 13.8. The van der Waals surface area contributed by atoms with Gasteiger partial charge in [-0.25, -0.2) is 0 Å². The molecule has 0 saturated carbocycles. The molecule has 124 valence electrons. The molecule has 2 heterocycles. The summed E-state index contributed by atoms with van der Waals surface area (Å²) in [4.78, 5) is 16.4. The summed E-state index contributed by atoms with van der Waals surface area (Å²) >= 11 is 0. The summed E-state index contributed by atoms with van der Waals surface area (Å²) in [5.41, 5.74) is 8.04. The molecule has 0 aromatic carbocycles. The number of aromatic nitrogens is 1. The van der Waals surface area contributed by atoms with Crippen LogP contribution in [0.1, 0.15) is 32.1 Å². The Morgan fingerprint density at radius 2 is 2.35 bits per heavy atom. The van der Waals surface area contributed by atoms with Crippen molar-refractivity contribution in [1.29, 1.82) is 5.41 Å². The number of pyridine rings is 1. The van der Waals surface area contributed by atoms with Gasteiger partial charge in [-0.3, -0.25) is 15.2 Å². The van der Waals surface area contributed by atoms with Gasteiger partial charge in [-0.2, -0.15) is 0 Å². The molecule has 0 spiro atoms. The van der Waals surface area contributed by atoms with Crippen molar-refractivity contribution in [3.63, 3.8) is 0 Å². The number of ether oxygens (including phenoxy) is 1. The number of hydrogen-bond acceptors (Lipinski definition) is 6. The van der Waals surface area contributed by atoms with Crippen molar-refractivity contribution in [2.75, 3.05) is 25.0 Å². The fraction of sp³-hybridized carbons (Fsp3) is 0.438. The number of morpholine rings is 1. The lowest BCUT2D eigenvalue weighted by atomic mass is 10.1. The van der Waals surface area contributed by atoms with Crippen molar-refractivity contribution in [3.05, 3.63) is 35.3 Å². The summed E-state index contributed by atoms with van der Waals surface area (Å²) in [6, 6.07) is 3.58. The molecule has 2 rings (SSSR count). The van der Waals surface area contributed by atoms with Gasteiger partial charge >= 0.3 is 0 Å². The van der Waals surface area contributed by atoms with Crippen molar-refractivity contribution >= 4 is 17.3 Å². The van der Waals surface area contributed by atoms with Crippen LogP contribution in [-0.4, -0.2) is 36.3 Å². The van der Waals surface area contributed by atoms with Gasteiger partial charge < -0.3 is 21.1 Å².